The van der Waals surface area contributed by atoms with Gasteiger partial charge in [-0.2, -0.15) is 11.8 Å². The van der Waals surface area contributed by atoms with Crippen LogP contribution in [0.1, 0.15) is 18.4 Å². The number of fused-ring (bicyclic) bond motifs is 1. The third-order valence-electron chi connectivity index (χ3n) is 3.06. The van der Waals surface area contributed by atoms with Gasteiger partial charge < -0.3 is 11.1 Å². The number of nitrogens with one attached hydrogen (secondary N) is 1. The lowest BCUT2D eigenvalue weighted by molar-refractivity contribution is 0.840. The predicted octanol–water partition coefficient (Wildman–Crippen LogP) is 3.42. The molecule has 5 heteroatoms. The van der Waals surface area contributed by atoms with Gasteiger partial charge in [0.05, 0.1) is 11.1 Å². The predicted molar refractivity (Wildman–Crippen MR) is 93.7 cm³/mol. The van der Waals surface area contributed by atoms with Crippen molar-refractivity contribution in [3.63, 3.8) is 0 Å². The van der Waals surface area contributed by atoms with E-state index in [-0.39, 0.29) is 0 Å². The van der Waals surface area contributed by atoms with Crippen LogP contribution in [0.4, 0.5) is 5.82 Å². The quantitative estimate of drug-likeness (QED) is 0.606. The lowest BCUT2D eigenvalue weighted by Gasteiger charge is -2.11. The van der Waals surface area contributed by atoms with Crippen molar-refractivity contribution in [2.24, 2.45) is 5.73 Å². The second kappa shape index (κ2) is 7.45. The number of hydrogen-bond acceptors (Lipinski definition) is 4. The summed E-state index contributed by atoms with van der Waals surface area (Å²) in [5.41, 5.74) is 7.59. The molecule has 0 aliphatic carbocycles. The van der Waals surface area contributed by atoms with Crippen LogP contribution in [-0.4, -0.2) is 28.5 Å². The van der Waals surface area contributed by atoms with Crippen LogP contribution in [0.25, 0.3) is 10.9 Å². The Morgan fingerprint density at radius 3 is 2.90 bits per heavy atom. The van der Waals surface area contributed by atoms with E-state index in [9.17, 15) is 0 Å². The van der Waals surface area contributed by atoms with Crippen LogP contribution in [-0.2, 0) is 0 Å². The highest BCUT2D eigenvalue weighted by atomic mass is 32.2. The van der Waals surface area contributed by atoms with E-state index in [0.29, 0.717) is 4.99 Å². The lowest BCUT2D eigenvalue weighted by atomic mass is 10.1. The summed E-state index contributed by atoms with van der Waals surface area (Å²) in [6.07, 6.45) is 4.44. The summed E-state index contributed by atoms with van der Waals surface area (Å²) < 4.78 is 0. The van der Waals surface area contributed by atoms with E-state index in [2.05, 4.69) is 16.6 Å². The maximum atomic E-state index is 5.81. The number of aromatic nitrogens is 1. The Balaban J connectivity index is 2.17. The molecule has 0 unspecified atom stereocenters. The monoisotopic (exact) mass is 305 g/mol. The molecule has 0 spiro atoms. The highest BCUT2D eigenvalue weighted by molar-refractivity contribution is 7.98. The number of nitrogens with two attached hydrogens (primary N) is 1. The number of rotatable bonds is 7. The largest absolute Gasteiger partial charge is 0.389 e. The average molecular weight is 305 g/mol. The summed E-state index contributed by atoms with van der Waals surface area (Å²) in [5, 5.41) is 4.42. The molecule has 0 saturated carbocycles. The standard InChI is InChI=1S/C15H19N3S2/c1-20-9-5-4-8-17-15-12(14(16)19)10-11-6-2-3-7-13(11)18-15/h2-3,6-7,10H,4-5,8-9H2,1H3,(H2,16,19)(H,17,18). The fourth-order valence-electron chi connectivity index (χ4n) is 2.02. The van der Waals surface area contributed by atoms with E-state index in [1.165, 1.54) is 12.2 Å². The molecule has 0 radical (unpaired) electrons. The first-order valence-corrected chi connectivity index (χ1v) is 8.45. The second-order valence-corrected chi connectivity index (χ2v) is 5.99. The Labute approximate surface area is 129 Å². The van der Waals surface area contributed by atoms with Gasteiger partial charge in [-0.3, -0.25) is 0 Å². The molecule has 3 nitrogen and oxygen atoms in total. The number of unbranched alkanes of at least 4 members (excludes halogenated alkanes) is 1. The number of para-hydroxylation sites is 1. The zero-order valence-corrected chi connectivity index (χ0v) is 13.2. The van der Waals surface area contributed by atoms with Gasteiger partial charge in [-0.15, -0.1) is 0 Å². The van der Waals surface area contributed by atoms with E-state index in [0.717, 1.165) is 35.2 Å². The molecule has 106 valence electrons. The summed E-state index contributed by atoms with van der Waals surface area (Å²) in [4.78, 5) is 5.01. The summed E-state index contributed by atoms with van der Waals surface area (Å²) in [6, 6.07) is 10.00. The van der Waals surface area contributed by atoms with Crippen molar-refractivity contribution in [3.05, 3.63) is 35.9 Å². The molecular formula is C15H19N3S2. The number of thioether (sulfide) groups is 1. The van der Waals surface area contributed by atoms with Gasteiger partial charge in [0, 0.05) is 11.9 Å². The molecule has 0 aliphatic rings. The van der Waals surface area contributed by atoms with E-state index < -0.39 is 0 Å². The third-order valence-corrected chi connectivity index (χ3v) is 3.97. The first-order valence-electron chi connectivity index (χ1n) is 6.65. The number of thiocarbonyl (C=S) groups is 1. The molecule has 0 fully saturated rings. The Hall–Kier alpha value is -1.33. The lowest BCUT2D eigenvalue weighted by Crippen LogP contribution is -2.15. The molecule has 2 rings (SSSR count). The molecule has 1 aromatic heterocycles. The van der Waals surface area contributed by atoms with Crippen molar-refractivity contribution in [2.75, 3.05) is 23.9 Å². The smallest absolute Gasteiger partial charge is 0.136 e. The topological polar surface area (TPSA) is 50.9 Å². The maximum Gasteiger partial charge on any atom is 0.136 e. The van der Waals surface area contributed by atoms with Crippen molar-refractivity contribution in [1.29, 1.82) is 0 Å². The minimum atomic E-state index is 0.384. The van der Waals surface area contributed by atoms with Crippen molar-refractivity contribution in [3.8, 4) is 0 Å². The summed E-state index contributed by atoms with van der Waals surface area (Å²) in [5.74, 6) is 1.98. The van der Waals surface area contributed by atoms with Crippen LogP contribution in [0.5, 0.6) is 0 Å². The first kappa shape index (κ1) is 15.1. The number of nitrogens with zero attached hydrogens (tertiary/aromatic N) is 1. The van der Waals surface area contributed by atoms with Gasteiger partial charge in [0.1, 0.15) is 10.8 Å². The van der Waals surface area contributed by atoms with E-state index in [1.807, 2.05) is 42.1 Å². The number of hydrogen-bond donors (Lipinski definition) is 2. The fourth-order valence-corrected chi connectivity index (χ4v) is 2.67. The molecule has 0 saturated heterocycles. The van der Waals surface area contributed by atoms with Crippen LogP contribution in [0.3, 0.4) is 0 Å². The summed E-state index contributed by atoms with van der Waals surface area (Å²) in [7, 11) is 0. The number of pyridine rings is 1. The van der Waals surface area contributed by atoms with E-state index in [4.69, 9.17) is 18.0 Å². The van der Waals surface area contributed by atoms with Crippen molar-refractivity contribution in [2.45, 2.75) is 12.8 Å². The molecule has 1 heterocycles. The Kier molecular flexibility index (Phi) is 5.61. The minimum absolute atomic E-state index is 0.384. The zero-order chi connectivity index (χ0) is 14.4. The van der Waals surface area contributed by atoms with Gasteiger partial charge in [-0.05, 0) is 37.0 Å². The minimum Gasteiger partial charge on any atom is -0.389 e. The molecule has 20 heavy (non-hydrogen) atoms. The Bertz CT molecular complexity index is 599. The molecule has 0 atom stereocenters. The van der Waals surface area contributed by atoms with Crippen LogP contribution < -0.4 is 11.1 Å². The summed E-state index contributed by atoms with van der Waals surface area (Å²) >= 11 is 7.00. The highest BCUT2D eigenvalue weighted by Crippen LogP contribution is 2.20. The van der Waals surface area contributed by atoms with Gasteiger partial charge in [-0.1, -0.05) is 30.4 Å². The first-order chi connectivity index (χ1) is 9.72. The second-order valence-electron chi connectivity index (χ2n) is 4.57. The normalized spacial score (nSPS) is 10.7. The Morgan fingerprint density at radius 1 is 1.35 bits per heavy atom. The van der Waals surface area contributed by atoms with Gasteiger partial charge in [0.2, 0.25) is 0 Å². The van der Waals surface area contributed by atoms with E-state index in [1.54, 1.807) is 0 Å². The molecule has 0 aliphatic heterocycles. The van der Waals surface area contributed by atoms with Crippen molar-refractivity contribution in [1.82, 2.24) is 4.98 Å². The molecule has 1 aromatic carbocycles. The third kappa shape index (κ3) is 3.84. The maximum absolute atomic E-state index is 5.81. The number of benzene rings is 1. The van der Waals surface area contributed by atoms with Gasteiger partial charge >= 0.3 is 0 Å². The molecule has 0 amide bonds. The SMILES string of the molecule is CSCCCCNc1nc2ccccc2cc1C(N)=S. The van der Waals surface area contributed by atoms with E-state index >= 15 is 0 Å². The van der Waals surface area contributed by atoms with Crippen LogP contribution in [0.2, 0.25) is 0 Å². The Morgan fingerprint density at radius 2 is 2.15 bits per heavy atom. The molecular weight excluding hydrogens is 286 g/mol. The van der Waals surface area contributed by atoms with Crippen molar-refractivity contribution >= 4 is 45.7 Å². The number of anilines is 1. The van der Waals surface area contributed by atoms with Crippen LogP contribution in [0.15, 0.2) is 30.3 Å². The fraction of sp³-hybridized carbons (Fsp3) is 0.333. The van der Waals surface area contributed by atoms with Crippen LogP contribution >= 0.6 is 24.0 Å². The van der Waals surface area contributed by atoms with Gasteiger partial charge in [0.15, 0.2) is 0 Å². The highest BCUT2D eigenvalue weighted by Gasteiger charge is 2.08. The molecule has 3 N–H and O–H groups in total. The van der Waals surface area contributed by atoms with Gasteiger partial charge in [-0.25, -0.2) is 4.98 Å². The molecule has 0 bridgehead atoms. The molecule has 2 aromatic rings. The average Bonchev–Trinajstić information content (AvgIpc) is 2.46. The summed E-state index contributed by atoms with van der Waals surface area (Å²) in [6.45, 7) is 0.890. The van der Waals surface area contributed by atoms with Crippen LogP contribution in [0, 0.1) is 0 Å². The zero-order valence-electron chi connectivity index (χ0n) is 11.6. The van der Waals surface area contributed by atoms with Crippen molar-refractivity contribution < 1.29 is 0 Å². The van der Waals surface area contributed by atoms with Gasteiger partial charge in [0.25, 0.3) is 0 Å².